The maximum atomic E-state index is 3.81. The fraction of sp³-hybridized carbons (Fsp3) is 0.429. The third-order valence-corrected chi connectivity index (χ3v) is 3.16. The molecule has 1 aromatic rings. The van der Waals surface area contributed by atoms with Crippen LogP contribution in [0.3, 0.4) is 0 Å². The average Bonchev–Trinajstić information content (AvgIpc) is 2.31. The van der Waals surface area contributed by atoms with Crippen molar-refractivity contribution in [3.05, 3.63) is 48.6 Å². The van der Waals surface area contributed by atoms with Gasteiger partial charge in [-0.1, -0.05) is 36.4 Å². The average molecular weight is 201 g/mol. The van der Waals surface area contributed by atoms with E-state index in [-0.39, 0.29) is 0 Å². The predicted octanol–water partition coefficient (Wildman–Crippen LogP) is 3.05. The third kappa shape index (κ3) is 2.69. The zero-order valence-corrected chi connectivity index (χ0v) is 9.23. The van der Waals surface area contributed by atoms with Crippen LogP contribution in [-0.2, 0) is 0 Å². The monoisotopic (exact) mass is 201 g/mol. The summed E-state index contributed by atoms with van der Waals surface area (Å²) < 4.78 is 0. The van der Waals surface area contributed by atoms with E-state index >= 15 is 0 Å². The second kappa shape index (κ2) is 5.13. The largest absolute Gasteiger partial charge is 0.299 e. The predicted molar refractivity (Wildman–Crippen MR) is 65.1 cm³/mol. The highest BCUT2D eigenvalue weighted by Gasteiger charge is 2.19. The van der Waals surface area contributed by atoms with Gasteiger partial charge in [0, 0.05) is 13.1 Å². The summed E-state index contributed by atoms with van der Waals surface area (Å²) in [5, 5.41) is 0. The lowest BCUT2D eigenvalue weighted by atomic mass is 9.91. The van der Waals surface area contributed by atoms with Gasteiger partial charge in [-0.3, -0.25) is 4.90 Å². The lowest BCUT2D eigenvalue weighted by molar-refractivity contribution is 0.228. The fourth-order valence-electron chi connectivity index (χ4n) is 2.40. The summed E-state index contributed by atoms with van der Waals surface area (Å²) in [5.74, 6) is 0.722. The molecule has 1 aliphatic heterocycles. The minimum Gasteiger partial charge on any atom is -0.299 e. The molecule has 80 valence electrons. The summed E-state index contributed by atoms with van der Waals surface area (Å²) in [6.07, 6.45) is 4.65. The van der Waals surface area contributed by atoms with Crippen molar-refractivity contribution in [2.45, 2.75) is 18.8 Å². The van der Waals surface area contributed by atoms with Gasteiger partial charge in [0.1, 0.15) is 0 Å². The van der Waals surface area contributed by atoms with Crippen molar-refractivity contribution in [1.29, 1.82) is 0 Å². The molecule has 0 aromatic heterocycles. The van der Waals surface area contributed by atoms with Crippen LogP contribution < -0.4 is 0 Å². The Morgan fingerprint density at radius 2 is 2.13 bits per heavy atom. The van der Waals surface area contributed by atoms with Gasteiger partial charge >= 0.3 is 0 Å². The summed E-state index contributed by atoms with van der Waals surface area (Å²) in [6, 6.07) is 10.9. The lowest BCUT2D eigenvalue weighted by Crippen LogP contribution is -2.34. The van der Waals surface area contributed by atoms with Crippen LogP contribution >= 0.6 is 0 Å². The van der Waals surface area contributed by atoms with Crippen LogP contribution in [0.5, 0.6) is 0 Å². The maximum absolute atomic E-state index is 3.81. The summed E-state index contributed by atoms with van der Waals surface area (Å²) >= 11 is 0. The highest BCUT2D eigenvalue weighted by molar-refractivity contribution is 5.20. The Morgan fingerprint density at radius 1 is 1.33 bits per heavy atom. The Morgan fingerprint density at radius 3 is 2.87 bits per heavy atom. The quantitative estimate of drug-likeness (QED) is 0.679. The van der Waals surface area contributed by atoms with Crippen molar-refractivity contribution in [2.24, 2.45) is 0 Å². The van der Waals surface area contributed by atoms with Crippen molar-refractivity contribution in [3.8, 4) is 0 Å². The Bertz CT molecular complexity index is 304. The molecule has 0 amide bonds. The van der Waals surface area contributed by atoms with Crippen LogP contribution in [0.4, 0.5) is 0 Å². The van der Waals surface area contributed by atoms with E-state index in [1.807, 2.05) is 6.08 Å². The Balaban J connectivity index is 2.01. The minimum absolute atomic E-state index is 0.722. The van der Waals surface area contributed by atoms with Gasteiger partial charge in [-0.05, 0) is 30.9 Å². The second-order valence-corrected chi connectivity index (χ2v) is 4.30. The van der Waals surface area contributed by atoms with Gasteiger partial charge in [-0.25, -0.2) is 0 Å². The summed E-state index contributed by atoms with van der Waals surface area (Å²) in [6.45, 7) is 7.26. The van der Waals surface area contributed by atoms with E-state index < -0.39 is 0 Å². The van der Waals surface area contributed by atoms with Gasteiger partial charge in [0.15, 0.2) is 0 Å². The Labute approximate surface area is 92.4 Å². The minimum atomic E-state index is 0.722. The molecule has 2 rings (SSSR count). The van der Waals surface area contributed by atoms with E-state index in [1.54, 1.807) is 0 Å². The molecule has 1 nitrogen and oxygen atoms in total. The zero-order chi connectivity index (χ0) is 10.5. The molecule has 0 N–H and O–H groups in total. The van der Waals surface area contributed by atoms with Crippen LogP contribution in [0.2, 0.25) is 0 Å². The molecular formula is C14H19N. The lowest BCUT2D eigenvalue weighted by Gasteiger charge is -2.32. The van der Waals surface area contributed by atoms with Crippen molar-refractivity contribution in [1.82, 2.24) is 4.90 Å². The van der Waals surface area contributed by atoms with E-state index in [9.17, 15) is 0 Å². The van der Waals surface area contributed by atoms with Gasteiger partial charge in [-0.15, -0.1) is 6.58 Å². The van der Waals surface area contributed by atoms with Crippen molar-refractivity contribution >= 4 is 0 Å². The van der Waals surface area contributed by atoms with E-state index in [1.165, 1.54) is 31.5 Å². The first-order valence-corrected chi connectivity index (χ1v) is 5.78. The molecule has 1 aromatic carbocycles. The highest BCUT2D eigenvalue weighted by Crippen LogP contribution is 2.26. The van der Waals surface area contributed by atoms with Crippen molar-refractivity contribution < 1.29 is 0 Å². The normalized spacial score (nSPS) is 22.5. The van der Waals surface area contributed by atoms with Gasteiger partial charge in [0.05, 0.1) is 0 Å². The third-order valence-electron chi connectivity index (χ3n) is 3.16. The molecule has 0 radical (unpaired) electrons. The van der Waals surface area contributed by atoms with Crippen molar-refractivity contribution in [3.63, 3.8) is 0 Å². The number of benzene rings is 1. The molecule has 0 saturated carbocycles. The molecule has 1 heteroatoms. The number of nitrogens with zero attached hydrogens (tertiary/aromatic N) is 1. The van der Waals surface area contributed by atoms with Gasteiger partial charge in [-0.2, -0.15) is 0 Å². The Hall–Kier alpha value is -1.08. The maximum Gasteiger partial charge on any atom is 0.0160 e. The van der Waals surface area contributed by atoms with E-state index in [4.69, 9.17) is 0 Å². The molecule has 1 atom stereocenters. The number of piperidine rings is 1. The summed E-state index contributed by atoms with van der Waals surface area (Å²) in [4.78, 5) is 2.49. The fourth-order valence-corrected chi connectivity index (χ4v) is 2.40. The van der Waals surface area contributed by atoms with E-state index in [2.05, 4.69) is 41.8 Å². The first-order valence-electron chi connectivity index (χ1n) is 5.78. The first-order chi connectivity index (χ1) is 7.40. The SMILES string of the molecule is C=CCN1CCC[C@H](c2ccccc2)C1. The van der Waals surface area contributed by atoms with Crippen LogP contribution in [0.25, 0.3) is 0 Å². The standard InChI is InChI=1S/C14H19N/c1-2-10-15-11-6-9-14(12-15)13-7-4-3-5-8-13/h2-5,7-8,14H,1,6,9-12H2/t14-/m0/s1. The number of hydrogen-bond donors (Lipinski definition) is 0. The van der Waals surface area contributed by atoms with Crippen LogP contribution in [0.15, 0.2) is 43.0 Å². The molecule has 1 saturated heterocycles. The number of hydrogen-bond acceptors (Lipinski definition) is 1. The van der Waals surface area contributed by atoms with Gasteiger partial charge in [0.2, 0.25) is 0 Å². The van der Waals surface area contributed by atoms with Gasteiger partial charge in [0.25, 0.3) is 0 Å². The molecule has 0 bridgehead atoms. The summed E-state index contributed by atoms with van der Waals surface area (Å²) in [5.41, 5.74) is 1.49. The Kier molecular flexibility index (Phi) is 3.57. The smallest absolute Gasteiger partial charge is 0.0160 e. The van der Waals surface area contributed by atoms with Crippen molar-refractivity contribution in [2.75, 3.05) is 19.6 Å². The van der Waals surface area contributed by atoms with Crippen LogP contribution in [0, 0.1) is 0 Å². The van der Waals surface area contributed by atoms with E-state index in [0.717, 1.165) is 12.5 Å². The van der Waals surface area contributed by atoms with Gasteiger partial charge < -0.3 is 0 Å². The molecule has 0 spiro atoms. The zero-order valence-electron chi connectivity index (χ0n) is 9.23. The highest BCUT2D eigenvalue weighted by atomic mass is 15.1. The van der Waals surface area contributed by atoms with Crippen LogP contribution in [0.1, 0.15) is 24.3 Å². The molecule has 1 heterocycles. The molecule has 15 heavy (non-hydrogen) atoms. The van der Waals surface area contributed by atoms with E-state index in [0.29, 0.717) is 0 Å². The molecule has 0 aliphatic carbocycles. The number of rotatable bonds is 3. The molecular weight excluding hydrogens is 182 g/mol. The molecule has 1 fully saturated rings. The topological polar surface area (TPSA) is 3.24 Å². The second-order valence-electron chi connectivity index (χ2n) is 4.30. The van der Waals surface area contributed by atoms with Crippen LogP contribution in [-0.4, -0.2) is 24.5 Å². The number of likely N-dealkylation sites (tertiary alicyclic amines) is 1. The molecule has 1 aliphatic rings. The first kappa shape index (κ1) is 10.4. The molecule has 0 unspecified atom stereocenters. The summed E-state index contributed by atoms with van der Waals surface area (Å²) in [7, 11) is 0.